The number of aromatic nitrogens is 2. The van der Waals surface area contributed by atoms with Gasteiger partial charge in [0.25, 0.3) is 0 Å². The van der Waals surface area contributed by atoms with Crippen LogP contribution in [0.4, 0.5) is 0 Å². The van der Waals surface area contributed by atoms with Gasteiger partial charge in [0.15, 0.2) is 0 Å². The van der Waals surface area contributed by atoms with Crippen LogP contribution in [0.5, 0.6) is 0 Å². The minimum atomic E-state index is 0.154. The number of hydrogen-bond acceptors (Lipinski definition) is 3. The van der Waals surface area contributed by atoms with E-state index in [1.807, 2.05) is 53.4 Å². The van der Waals surface area contributed by atoms with Crippen molar-refractivity contribution in [3.05, 3.63) is 72.2 Å². The molecule has 4 nitrogen and oxygen atoms in total. The molecule has 4 heteroatoms. The van der Waals surface area contributed by atoms with Crippen molar-refractivity contribution < 1.29 is 4.79 Å². The van der Waals surface area contributed by atoms with E-state index in [1.54, 1.807) is 12.4 Å². The molecule has 24 heavy (non-hydrogen) atoms. The molecule has 1 fully saturated rings. The summed E-state index contributed by atoms with van der Waals surface area (Å²) in [7, 11) is 0. The van der Waals surface area contributed by atoms with Crippen molar-refractivity contribution >= 4 is 16.8 Å². The van der Waals surface area contributed by atoms with Crippen molar-refractivity contribution in [1.29, 1.82) is 0 Å². The second kappa shape index (κ2) is 6.40. The summed E-state index contributed by atoms with van der Waals surface area (Å²) in [5.74, 6) is 0.154. The Balaban J connectivity index is 1.57. The predicted octanol–water partition coefficient (Wildman–Crippen LogP) is 3.36. The van der Waals surface area contributed by atoms with Crippen LogP contribution in [0.15, 0.2) is 60.9 Å². The maximum absolute atomic E-state index is 12.9. The Hall–Kier alpha value is -2.75. The van der Waals surface area contributed by atoms with Gasteiger partial charge in [-0.05, 0) is 36.6 Å². The topological polar surface area (TPSA) is 46.1 Å². The van der Waals surface area contributed by atoms with E-state index in [9.17, 15) is 4.79 Å². The number of para-hydroxylation sites is 1. The molecule has 1 aliphatic carbocycles. The van der Waals surface area contributed by atoms with Crippen LogP contribution in [-0.2, 0) is 17.8 Å². The van der Waals surface area contributed by atoms with Crippen LogP contribution >= 0.6 is 0 Å². The second-order valence-corrected chi connectivity index (χ2v) is 6.24. The van der Waals surface area contributed by atoms with Gasteiger partial charge in [0, 0.05) is 23.8 Å². The Bertz CT molecular complexity index is 854. The molecule has 3 aromatic rings. The molecule has 4 rings (SSSR count). The smallest absolute Gasteiger partial charge is 0.227 e. The van der Waals surface area contributed by atoms with Crippen molar-refractivity contribution in [2.75, 3.05) is 0 Å². The standard InChI is InChI=1S/C20H19N3O/c24-19(13-16-6-3-5-15-7-4-12-22-20(15)16)23(18-9-10-18)14-17-8-1-2-11-21-17/h1-8,11-12,18H,9-10,13-14H2. The lowest BCUT2D eigenvalue weighted by Gasteiger charge is -2.22. The highest BCUT2D eigenvalue weighted by atomic mass is 16.2. The zero-order valence-electron chi connectivity index (χ0n) is 13.4. The summed E-state index contributed by atoms with van der Waals surface area (Å²) in [6.45, 7) is 0.586. The van der Waals surface area contributed by atoms with E-state index in [0.717, 1.165) is 35.0 Å². The van der Waals surface area contributed by atoms with Crippen LogP contribution in [0.2, 0.25) is 0 Å². The van der Waals surface area contributed by atoms with Crippen molar-refractivity contribution in [2.24, 2.45) is 0 Å². The zero-order valence-corrected chi connectivity index (χ0v) is 13.4. The van der Waals surface area contributed by atoms with Gasteiger partial charge in [0.2, 0.25) is 5.91 Å². The first-order chi connectivity index (χ1) is 11.8. The number of carbonyl (C=O) groups is 1. The van der Waals surface area contributed by atoms with E-state index in [1.165, 1.54) is 0 Å². The summed E-state index contributed by atoms with van der Waals surface area (Å²) < 4.78 is 0. The van der Waals surface area contributed by atoms with Gasteiger partial charge >= 0.3 is 0 Å². The summed E-state index contributed by atoms with van der Waals surface area (Å²) in [6.07, 6.45) is 6.12. The van der Waals surface area contributed by atoms with Gasteiger partial charge in [-0.3, -0.25) is 14.8 Å². The van der Waals surface area contributed by atoms with Gasteiger partial charge in [0.05, 0.1) is 24.2 Å². The Labute approximate surface area is 141 Å². The summed E-state index contributed by atoms with van der Waals surface area (Å²) >= 11 is 0. The second-order valence-electron chi connectivity index (χ2n) is 6.24. The summed E-state index contributed by atoms with van der Waals surface area (Å²) in [5, 5.41) is 1.07. The molecule has 1 saturated carbocycles. The number of pyridine rings is 2. The highest BCUT2D eigenvalue weighted by Gasteiger charge is 2.32. The zero-order chi connectivity index (χ0) is 16.4. The molecule has 0 saturated heterocycles. The van der Waals surface area contributed by atoms with E-state index in [2.05, 4.69) is 9.97 Å². The molecule has 0 atom stereocenters. The molecule has 120 valence electrons. The van der Waals surface area contributed by atoms with Crippen molar-refractivity contribution in [3.63, 3.8) is 0 Å². The fraction of sp³-hybridized carbons (Fsp3) is 0.250. The normalized spacial score (nSPS) is 13.8. The number of amides is 1. The predicted molar refractivity (Wildman–Crippen MR) is 93.3 cm³/mol. The molecule has 0 aliphatic heterocycles. The Morgan fingerprint density at radius 3 is 2.62 bits per heavy atom. The van der Waals surface area contributed by atoms with Crippen LogP contribution in [-0.4, -0.2) is 26.8 Å². The van der Waals surface area contributed by atoms with Crippen LogP contribution in [0, 0.1) is 0 Å². The number of rotatable bonds is 5. The first-order valence-corrected chi connectivity index (χ1v) is 8.33. The van der Waals surface area contributed by atoms with Crippen LogP contribution in [0.25, 0.3) is 10.9 Å². The molecule has 2 aromatic heterocycles. The van der Waals surface area contributed by atoms with Gasteiger partial charge in [0.1, 0.15) is 0 Å². The molecule has 1 aromatic carbocycles. The number of fused-ring (bicyclic) bond motifs is 1. The average Bonchev–Trinajstić information content (AvgIpc) is 3.46. The fourth-order valence-corrected chi connectivity index (χ4v) is 3.05. The third kappa shape index (κ3) is 3.13. The van der Waals surface area contributed by atoms with E-state index >= 15 is 0 Å². The molecule has 0 bridgehead atoms. The largest absolute Gasteiger partial charge is 0.334 e. The lowest BCUT2D eigenvalue weighted by atomic mass is 10.1. The summed E-state index contributed by atoms with van der Waals surface area (Å²) in [6, 6.07) is 16.2. The van der Waals surface area contributed by atoms with Gasteiger partial charge < -0.3 is 4.90 Å². The minimum Gasteiger partial charge on any atom is -0.334 e. The molecule has 2 heterocycles. The molecular weight excluding hydrogens is 298 g/mol. The van der Waals surface area contributed by atoms with Gasteiger partial charge in [-0.2, -0.15) is 0 Å². The maximum atomic E-state index is 12.9. The van der Waals surface area contributed by atoms with Crippen molar-refractivity contribution in [2.45, 2.75) is 31.8 Å². The molecule has 1 aliphatic rings. The minimum absolute atomic E-state index is 0.154. The monoisotopic (exact) mass is 317 g/mol. The van der Waals surface area contributed by atoms with E-state index in [0.29, 0.717) is 19.0 Å². The Morgan fingerprint density at radius 2 is 1.83 bits per heavy atom. The lowest BCUT2D eigenvalue weighted by Crippen LogP contribution is -2.34. The third-order valence-electron chi connectivity index (χ3n) is 4.42. The number of hydrogen-bond donors (Lipinski definition) is 0. The third-order valence-corrected chi connectivity index (χ3v) is 4.42. The highest BCUT2D eigenvalue weighted by Crippen LogP contribution is 2.29. The molecular formula is C20H19N3O. The molecule has 0 unspecified atom stereocenters. The number of benzene rings is 1. The summed E-state index contributed by atoms with van der Waals surface area (Å²) in [5.41, 5.74) is 2.85. The Morgan fingerprint density at radius 1 is 1.00 bits per heavy atom. The van der Waals surface area contributed by atoms with Crippen molar-refractivity contribution in [1.82, 2.24) is 14.9 Å². The SMILES string of the molecule is O=C(Cc1cccc2cccnc12)N(Cc1ccccn1)C1CC1. The summed E-state index contributed by atoms with van der Waals surface area (Å²) in [4.78, 5) is 23.7. The van der Waals surface area contributed by atoms with E-state index in [-0.39, 0.29) is 5.91 Å². The quantitative estimate of drug-likeness (QED) is 0.725. The maximum Gasteiger partial charge on any atom is 0.227 e. The first-order valence-electron chi connectivity index (χ1n) is 8.33. The fourth-order valence-electron chi connectivity index (χ4n) is 3.05. The van der Waals surface area contributed by atoms with Crippen molar-refractivity contribution in [3.8, 4) is 0 Å². The van der Waals surface area contributed by atoms with E-state index < -0.39 is 0 Å². The van der Waals surface area contributed by atoms with Gasteiger partial charge in [-0.15, -0.1) is 0 Å². The van der Waals surface area contributed by atoms with Gasteiger partial charge in [-0.25, -0.2) is 0 Å². The van der Waals surface area contributed by atoms with E-state index in [4.69, 9.17) is 0 Å². The number of carbonyl (C=O) groups excluding carboxylic acids is 1. The lowest BCUT2D eigenvalue weighted by molar-refractivity contribution is -0.131. The van der Waals surface area contributed by atoms with Crippen LogP contribution in [0.1, 0.15) is 24.1 Å². The molecule has 0 N–H and O–H groups in total. The average molecular weight is 317 g/mol. The van der Waals surface area contributed by atoms with Crippen LogP contribution in [0.3, 0.4) is 0 Å². The molecule has 0 spiro atoms. The first kappa shape index (κ1) is 14.8. The number of nitrogens with zero attached hydrogens (tertiary/aromatic N) is 3. The van der Waals surface area contributed by atoms with Gasteiger partial charge in [-0.1, -0.05) is 30.3 Å². The molecule has 1 amide bonds. The highest BCUT2D eigenvalue weighted by molar-refractivity contribution is 5.87. The molecule has 0 radical (unpaired) electrons. The Kier molecular flexibility index (Phi) is 3.95. The van der Waals surface area contributed by atoms with Crippen LogP contribution < -0.4 is 0 Å².